The third-order valence-electron chi connectivity index (χ3n) is 5.20. The molecule has 1 fully saturated rings. The lowest BCUT2D eigenvalue weighted by molar-refractivity contribution is -0.116. The van der Waals surface area contributed by atoms with Crippen LogP contribution in [0.15, 0.2) is 34.2 Å². The molecule has 1 aliphatic heterocycles. The molecule has 2 amide bonds. The maximum absolute atomic E-state index is 13.1. The molecule has 1 aromatic carbocycles. The van der Waals surface area contributed by atoms with Crippen LogP contribution < -0.4 is 14.8 Å². The molecular weight excluding hydrogens is 432 g/mol. The number of nitrogens with zero attached hydrogens (tertiary/aromatic N) is 3. The molecular formula is C22H24N4O5S. The molecule has 168 valence electrons. The Kier molecular flexibility index (Phi) is 6.69. The zero-order chi connectivity index (χ0) is 22.5. The van der Waals surface area contributed by atoms with Gasteiger partial charge in [-0.05, 0) is 30.4 Å². The minimum atomic E-state index is -0.274. The summed E-state index contributed by atoms with van der Waals surface area (Å²) in [4.78, 5) is 32.8. The Morgan fingerprint density at radius 1 is 1.19 bits per heavy atom. The summed E-state index contributed by atoms with van der Waals surface area (Å²) in [6.07, 6.45) is 2.35. The van der Waals surface area contributed by atoms with E-state index in [4.69, 9.17) is 14.0 Å². The summed E-state index contributed by atoms with van der Waals surface area (Å²) in [5, 5.41) is 8.73. The smallest absolute Gasteiger partial charge is 0.256 e. The number of ether oxygens (including phenoxy) is 2. The van der Waals surface area contributed by atoms with Gasteiger partial charge in [0.15, 0.2) is 11.5 Å². The molecule has 9 nitrogen and oxygen atoms in total. The highest BCUT2D eigenvalue weighted by atomic mass is 32.1. The maximum Gasteiger partial charge on any atom is 0.256 e. The van der Waals surface area contributed by atoms with Crippen molar-refractivity contribution >= 4 is 28.8 Å². The molecule has 10 heteroatoms. The van der Waals surface area contributed by atoms with E-state index in [9.17, 15) is 9.59 Å². The standard InChI is InChI=1S/C22H24N4O5S/c1-29-16-12-14(22(28)26-9-3-4-10-26)15(13-17(16)30-2)23-19(27)7-8-20-24-21(25-31-20)18-6-5-11-32-18/h5-6,11-13H,3-4,7-10H2,1-2H3,(H,23,27). The number of nitrogens with one attached hydrogen (secondary N) is 1. The molecule has 0 bridgehead atoms. The van der Waals surface area contributed by atoms with E-state index in [0.29, 0.717) is 47.6 Å². The fourth-order valence-corrected chi connectivity index (χ4v) is 4.19. The lowest BCUT2D eigenvalue weighted by Gasteiger charge is -2.20. The molecule has 2 aromatic heterocycles. The van der Waals surface area contributed by atoms with Crippen molar-refractivity contribution in [1.29, 1.82) is 0 Å². The van der Waals surface area contributed by atoms with Crippen molar-refractivity contribution < 1.29 is 23.6 Å². The normalized spacial score (nSPS) is 13.2. The Hall–Kier alpha value is -3.40. The van der Waals surface area contributed by atoms with Crippen LogP contribution in [-0.2, 0) is 11.2 Å². The van der Waals surface area contributed by atoms with Gasteiger partial charge >= 0.3 is 0 Å². The largest absolute Gasteiger partial charge is 0.493 e. The molecule has 1 aliphatic rings. The molecule has 0 aliphatic carbocycles. The van der Waals surface area contributed by atoms with Crippen LogP contribution in [-0.4, -0.2) is 54.2 Å². The van der Waals surface area contributed by atoms with Gasteiger partial charge in [-0.2, -0.15) is 4.98 Å². The van der Waals surface area contributed by atoms with Crippen molar-refractivity contribution in [1.82, 2.24) is 15.0 Å². The lowest BCUT2D eigenvalue weighted by atomic mass is 10.1. The van der Waals surface area contributed by atoms with Gasteiger partial charge in [-0.15, -0.1) is 11.3 Å². The van der Waals surface area contributed by atoms with E-state index in [1.807, 2.05) is 17.5 Å². The Bertz CT molecular complexity index is 1090. The van der Waals surface area contributed by atoms with Crippen LogP contribution in [0.4, 0.5) is 5.69 Å². The first-order chi connectivity index (χ1) is 15.6. The van der Waals surface area contributed by atoms with Crippen molar-refractivity contribution in [2.75, 3.05) is 32.6 Å². The number of methoxy groups -OCH3 is 2. The molecule has 0 unspecified atom stereocenters. The van der Waals surface area contributed by atoms with Crippen LogP contribution in [0.1, 0.15) is 35.5 Å². The van der Waals surface area contributed by atoms with Gasteiger partial charge in [-0.25, -0.2) is 0 Å². The van der Waals surface area contributed by atoms with Gasteiger partial charge in [0.2, 0.25) is 17.6 Å². The van der Waals surface area contributed by atoms with Crippen molar-refractivity contribution in [2.24, 2.45) is 0 Å². The molecule has 0 atom stereocenters. The van der Waals surface area contributed by atoms with Gasteiger partial charge in [0.05, 0.1) is 30.3 Å². The van der Waals surface area contributed by atoms with E-state index in [-0.39, 0.29) is 24.7 Å². The number of amides is 2. The van der Waals surface area contributed by atoms with Gasteiger partial charge in [0, 0.05) is 32.0 Å². The van der Waals surface area contributed by atoms with Crippen LogP contribution in [0.2, 0.25) is 0 Å². The van der Waals surface area contributed by atoms with E-state index in [1.54, 1.807) is 17.0 Å². The Labute approximate surface area is 189 Å². The second-order valence-corrected chi connectivity index (χ2v) is 8.24. The van der Waals surface area contributed by atoms with E-state index in [1.165, 1.54) is 25.6 Å². The van der Waals surface area contributed by atoms with Gasteiger partial charge in [0.1, 0.15) is 0 Å². The summed E-state index contributed by atoms with van der Waals surface area (Å²) in [6, 6.07) is 7.04. The predicted octanol–water partition coefficient (Wildman–Crippen LogP) is 3.62. The zero-order valence-corrected chi connectivity index (χ0v) is 18.7. The molecule has 0 saturated carbocycles. The minimum absolute atomic E-state index is 0.123. The second kappa shape index (κ2) is 9.82. The number of hydrogen-bond donors (Lipinski definition) is 1. The number of carbonyl (C=O) groups excluding carboxylic acids is 2. The zero-order valence-electron chi connectivity index (χ0n) is 17.9. The third kappa shape index (κ3) is 4.75. The van der Waals surface area contributed by atoms with Crippen LogP contribution in [0.3, 0.4) is 0 Å². The summed E-state index contributed by atoms with van der Waals surface area (Å²) >= 11 is 1.51. The second-order valence-electron chi connectivity index (χ2n) is 7.29. The summed E-state index contributed by atoms with van der Waals surface area (Å²) in [6.45, 7) is 1.40. The Morgan fingerprint density at radius 3 is 2.62 bits per heavy atom. The first-order valence-corrected chi connectivity index (χ1v) is 11.2. The average molecular weight is 457 g/mol. The fraction of sp³-hybridized carbons (Fsp3) is 0.364. The molecule has 0 spiro atoms. The highest BCUT2D eigenvalue weighted by Crippen LogP contribution is 2.34. The monoisotopic (exact) mass is 456 g/mol. The Balaban J connectivity index is 1.48. The van der Waals surface area contributed by atoms with Gasteiger partial charge < -0.3 is 24.2 Å². The number of carbonyl (C=O) groups is 2. The molecule has 1 N–H and O–H groups in total. The molecule has 0 radical (unpaired) electrons. The number of benzene rings is 1. The molecule has 3 heterocycles. The molecule has 4 rings (SSSR count). The van der Waals surface area contributed by atoms with Crippen molar-refractivity contribution in [3.8, 4) is 22.2 Å². The first kappa shape index (κ1) is 21.8. The quantitative estimate of drug-likeness (QED) is 0.552. The topological polar surface area (TPSA) is 107 Å². The van der Waals surface area contributed by atoms with Crippen molar-refractivity contribution in [3.63, 3.8) is 0 Å². The third-order valence-corrected chi connectivity index (χ3v) is 6.06. The van der Waals surface area contributed by atoms with Crippen LogP contribution in [0, 0.1) is 0 Å². The number of rotatable bonds is 8. The SMILES string of the molecule is COc1cc(NC(=O)CCc2nc(-c3cccs3)no2)c(C(=O)N2CCCC2)cc1OC. The summed E-state index contributed by atoms with van der Waals surface area (Å²) in [7, 11) is 3.02. The van der Waals surface area contributed by atoms with Crippen LogP contribution in [0.5, 0.6) is 11.5 Å². The van der Waals surface area contributed by atoms with Gasteiger partial charge in [-0.3, -0.25) is 9.59 Å². The molecule has 1 saturated heterocycles. The number of likely N-dealkylation sites (tertiary alicyclic amines) is 1. The number of aromatic nitrogens is 2. The highest BCUT2D eigenvalue weighted by Gasteiger charge is 2.25. The minimum Gasteiger partial charge on any atom is -0.493 e. The summed E-state index contributed by atoms with van der Waals surface area (Å²) < 4.78 is 16.0. The van der Waals surface area contributed by atoms with E-state index < -0.39 is 0 Å². The first-order valence-electron chi connectivity index (χ1n) is 10.3. The molecule has 32 heavy (non-hydrogen) atoms. The summed E-state index contributed by atoms with van der Waals surface area (Å²) in [5.74, 6) is 1.33. The number of thiophene rings is 1. The van der Waals surface area contributed by atoms with E-state index in [0.717, 1.165) is 17.7 Å². The maximum atomic E-state index is 13.1. The van der Waals surface area contributed by atoms with E-state index >= 15 is 0 Å². The lowest BCUT2D eigenvalue weighted by Crippen LogP contribution is -2.29. The fourth-order valence-electron chi connectivity index (χ4n) is 3.55. The predicted molar refractivity (Wildman–Crippen MR) is 119 cm³/mol. The van der Waals surface area contributed by atoms with Gasteiger partial charge in [0.25, 0.3) is 5.91 Å². The Morgan fingerprint density at radius 2 is 1.94 bits per heavy atom. The average Bonchev–Trinajstić information content (AvgIpc) is 3.58. The van der Waals surface area contributed by atoms with E-state index in [2.05, 4.69) is 15.5 Å². The van der Waals surface area contributed by atoms with Crippen molar-refractivity contribution in [3.05, 3.63) is 41.1 Å². The number of anilines is 1. The van der Waals surface area contributed by atoms with Crippen molar-refractivity contribution in [2.45, 2.75) is 25.7 Å². The number of hydrogen-bond acceptors (Lipinski definition) is 8. The van der Waals surface area contributed by atoms with Crippen LogP contribution >= 0.6 is 11.3 Å². The summed E-state index contributed by atoms with van der Waals surface area (Å²) in [5.41, 5.74) is 0.755. The number of aryl methyl sites for hydroxylation is 1. The molecule has 3 aromatic rings. The van der Waals surface area contributed by atoms with Gasteiger partial charge in [-0.1, -0.05) is 11.2 Å². The highest BCUT2D eigenvalue weighted by molar-refractivity contribution is 7.13. The van der Waals surface area contributed by atoms with Crippen LogP contribution in [0.25, 0.3) is 10.7 Å².